The van der Waals surface area contributed by atoms with Gasteiger partial charge in [-0.1, -0.05) is 37.5 Å². The van der Waals surface area contributed by atoms with Gasteiger partial charge in [0, 0.05) is 22.8 Å². The summed E-state index contributed by atoms with van der Waals surface area (Å²) in [5, 5.41) is 7.61. The van der Waals surface area contributed by atoms with Crippen molar-refractivity contribution in [2.24, 2.45) is 22.1 Å². The van der Waals surface area contributed by atoms with Crippen molar-refractivity contribution >= 4 is 11.6 Å². The number of benzene rings is 1. The maximum Gasteiger partial charge on any atom is 0.254 e. The van der Waals surface area contributed by atoms with Gasteiger partial charge in [0.1, 0.15) is 6.61 Å². The summed E-state index contributed by atoms with van der Waals surface area (Å²) in [5.74, 6) is 0.928. The first kappa shape index (κ1) is 24.2. The third-order valence-electron chi connectivity index (χ3n) is 6.38. The van der Waals surface area contributed by atoms with Crippen LogP contribution in [-0.2, 0) is 4.79 Å². The molecule has 1 aliphatic rings. The fourth-order valence-corrected chi connectivity index (χ4v) is 4.23. The lowest BCUT2D eigenvalue weighted by Gasteiger charge is -2.29. The van der Waals surface area contributed by atoms with Crippen molar-refractivity contribution in [3.63, 3.8) is 0 Å². The Morgan fingerprint density at radius 1 is 1.31 bits per heavy atom. The van der Waals surface area contributed by atoms with E-state index in [9.17, 15) is 4.79 Å². The third-order valence-corrected chi connectivity index (χ3v) is 6.38. The molecule has 174 valence electrons. The highest BCUT2D eigenvalue weighted by Crippen LogP contribution is 2.36. The molecule has 3 N–H and O–H groups in total. The van der Waals surface area contributed by atoms with Crippen LogP contribution in [0.4, 0.5) is 0 Å². The van der Waals surface area contributed by atoms with Gasteiger partial charge in [0.2, 0.25) is 5.88 Å². The maximum atomic E-state index is 12.9. The molecule has 2 aromatic rings. The number of aliphatic imine (C=N–C) groups is 1. The standard InChI is InChI=1S/C26H38N4O2/c1-7-8-19-9-10-21(19)28-25(31)26(5,6)15-32-24-22(18(4)14-27)23(29-30-24)20-12-16(2)11-17(3)13-20/h11-13,18-19H,7-10,14-15,27H2,1-6H3,(H,29,30)/t18-,19?/m1/s1. The van der Waals surface area contributed by atoms with Crippen LogP contribution in [0.2, 0.25) is 0 Å². The third kappa shape index (κ3) is 5.29. The number of rotatable bonds is 9. The molecule has 6 heteroatoms. The molecule has 1 amide bonds. The van der Waals surface area contributed by atoms with E-state index < -0.39 is 5.41 Å². The highest BCUT2D eigenvalue weighted by Gasteiger charge is 2.33. The van der Waals surface area contributed by atoms with Gasteiger partial charge in [-0.3, -0.25) is 9.89 Å². The zero-order valence-electron chi connectivity index (χ0n) is 20.4. The van der Waals surface area contributed by atoms with Gasteiger partial charge in [-0.25, -0.2) is 4.99 Å². The normalized spacial score (nSPS) is 18.5. The average molecular weight is 439 g/mol. The predicted molar refractivity (Wildman–Crippen MR) is 130 cm³/mol. The average Bonchev–Trinajstić information content (AvgIpc) is 3.16. The lowest BCUT2D eigenvalue weighted by molar-refractivity contribution is -0.127. The van der Waals surface area contributed by atoms with Crippen LogP contribution in [0.5, 0.6) is 5.88 Å². The molecule has 0 aliphatic heterocycles. The number of nitrogens with one attached hydrogen (secondary N) is 1. The SMILES string of the molecule is CCCC1CCC1=NC(=O)C(C)(C)COc1n[nH]c(-c2cc(C)cc(C)c2)c1[C@H](C)CN. The molecule has 0 saturated heterocycles. The number of hydrogen-bond donors (Lipinski definition) is 2. The number of amides is 1. The summed E-state index contributed by atoms with van der Waals surface area (Å²) < 4.78 is 6.13. The van der Waals surface area contributed by atoms with E-state index in [4.69, 9.17) is 10.5 Å². The quantitative estimate of drug-likeness (QED) is 0.553. The molecular formula is C26H38N4O2. The minimum Gasteiger partial charge on any atom is -0.475 e. The van der Waals surface area contributed by atoms with Crippen molar-refractivity contribution in [1.29, 1.82) is 0 Å². The molecule has 2 atom stereocenters. The zero-order valence-corrected chi connectivity index (χ0v) is 20.4. The molecule has 1 saturated carbocycles. The molecule has 0 spiro atoms. The lowest BCUT2D eigenvalue weighted by atomic mass is 9.79. The molecule has 3 rings (SSSR count). The van der Waals surface area contributed by atoms with Crippen LogP contribution in [0.1, 0.15) is 76.0 Å². The number of nitrogens with two attached hydrogens (primary N) is 1. The van der Waals surface area contributed by atoms with Crippen LogP contribution in [0.3, 0.4) is 0 Å². The van der Waals surface area contributed by atoms with E-state index in [1.807, 2.05) is 13.8 Å². The summed E-state index contributed by atoms with van der Waals surface area (Å²) in [4.78, 5) is 17.4. The topological polar surface area (TPSA) is 93.4 Å². The number of nitrogens with zero attached hydrogens (tertiary/aromatic N) is 2. The second kappa shape index (κ2) is 9.99. The molecule has 1 aliphatic carbocycles. The molecule has 1 aromatic heterocycles. The van der Waals surface area contributed by atoms with E-state index in [0.717, 1.165) is 48.2 Å². The Labute approximate surface area is 192 Å². The van der Waals surface area contributed by atoms with Gasteiger partial charge in [0.25, 0.3) is 5.91 Å². The summed E-state index contributed by atoms with van der Waals surface area (Å²) in [7, 11) is 0. The Bertz CT molecular complexity index is 969. The summed E-state index contributed by atoms with van der Waals surface area (Å²) in [6, 6.07) is 6.41. The fourth-order valence-electron chi connectivity index (χ4n) is 4.23. The van der Waals surface area contributed by atoms with Gasteiger partial charge in [-0.2, -0.15) is 0 Å². The van der Waals surface area contributed by atoms with Crippen LogP contribution in [0.15, 0.2) is 23.2 Å². The maximum absolute atomic E-state index is 12.9. The molecule has 32 heavy (non-hydrogen) atoms. The largest absolute Gasteiger partial charge is 0.475 e. The van der Waals surface area contributed by atoms with Crippen molar-refractivity contribution in [2.45, 2.75) is 73.1 Å². The van der Waals surface area contributed by atoms with E-state index in [0.29, 0.717) is 18.3 Å². The van der Waals surface area contributed by atoms with Crippen LogP contribution < -0.4 is 10.5 Å². The Morgan fingerprint density at radius 2 is 2.00 bits per heavy atom. The second-order valence-corrected chi connectivity index (χ2v) is 9.94. The number of ether oxygens (including phenoxy) is 1. The number of aryl methyl sites for hydroxylation is 2. The summed E-state index contributed by atoms with van der Waals surface area (Å²) in [5.41, 5.74) is 11.6. The number of hydrogen-bond acceptors (Lipinski definition) is 4. The Hall–Kier alpha value is -2.47. The minimum atomic E-state index is -0.735. The monoisotopic (exact) mass is 438 g/mol. The molecule has 0 bridgehead atoms. The minimum absolute atomic E-state index is 0.0587. The highest BCUT2D eigenvalue weighted by atomic mass is 16.5. The van der Waals surface area contributed by atoms with Crippen molar-refractivity contribution in [1.82, 2.24) is 10.2 Å². The fraction of sp³-hybridized carbons (Fsp3) is 0.577. The highest BCUT2D eigenvalue weighted by molar-refractivity contribution is 6.01. The zero-order chi connectivity index (χ0) is 23.5. The van der Waals surface area contributed by atoms with E-state index in [1.54, 1.807) is 0 Å². The van der Waals surface area contributed by atoms with E-state index in [1.165, 1.54) is 11.1 Å². The first-order chi connectivity index (χ1) is 15.2. The Morgan fingerprint density at radius 3 is 2.56 bits per heavy atom. The van der Waals surface area contributed by atoms with Crippen LogP contribution in [0.25, 0.3) is 11.3 Å². The van der Waals surface area contributed by atoms with Gasteiger partial charge >= 0.3 is 0 Å². The number of carbonyl (C=O) groups excluding carboxylic acids is 1. The van der Waals surface area contributed by atoms with Crippen molar-refractivity contribution in [3.05, 3.63) is 34.9 Å². The van der Waals surface area contributed by atoms with Gasteiger partial charge in [-0.15, -0.1) is 5.10 Å². The number of aromatic amines is 1. The first-order valence-corrected chi connectivity index (χ1v) is 11.8. The first-order valence-electron chi connectivity index (χ1n) is 11.8. The molecule has 1 heterocycles. The van der Waals surface area contributed by atoms with Gasteiger partial charge < -0.3 is 10.5 Å². The summed E-state index contributed by atoms with van der Waals surface area (Å²) in [6.07, 6.45) is 4.31. The number of H-pyrrole nitrogens is 1. The smallest absolute Gasteiger partial charge is 0.254 e. The summed E-state index contributed by atoms with van der Waals surface area (Å²) >= 11 is 0. The lowest BCUT2D eigenvalue weighted by Crippen LogP contribution is -2.34. The van der Waals surface area contributed by atoms with Gasteiger partial charge in [-0.05, 0) is 71.6 Å². The van der Waals surface area contributed by atoms with Crippen molar-refractivity contribution in [2.75, 3.05) is 13.2 Å². The van der Waals surface area contributed by atoms with E-state index >= 15 is 0 Å². The number of aromatic nitrogens is 2. The Balaban J connectivity index is 1.80. The predicted octanol–water partition coefficient (Wildman–Crippen LogP) is 5.34. The second-order valence-electron chi connectivity index (χ2n) is 9.94. The Kier molecular flexibility index (Phi) is 7.55. The molecule has 6 nitrogen and oxygen atoms in total. The van der Waals surface area contributed by atoms with Crippen LogP contribution in [0, 0.1) is 25.2 Å². The number of carbonyl (C=O) groups is 1. The molecule has 1 aromatic carbocycles. The van der Waals surface area contributed by atoms with Crippen LogP contribution in [-0.4, -0.2) is 35.0 Å². The van der Waals surface area contributed by atoms with Gasteiger partial charge in [0.05, 0.1) is 11.1 Å². The molecule has 1 unspecified atom stereocenters. The molecule has 0 radical (unpaired) electrons. The van der Waals surface area contributed by atoms with E-state index in [2.05, 4.69) is 61.1 Å². The van der Waals surface area contributed by atoms with Crippen molar-refractivity contribution in [3.8, 4) is 17.1 Å². The van der Waals surface area contributed by atoms with Gasteiger partial charge in [0.15, 0.2) is 0 Å². The summed E-state index contributed by atoms with van der Waals surface area (Å²) in [6.45, 7) is 12.9. The van der Waals surface area contributed by atoms with Crippen LogP contribution >= 0.6 is 0 Å². The van der Waals surface area contributed by atoms with Crippen molar-refractivity contribution < 1.29 is 9.53 Å². The molecular weight excluding hydrogens is 400 g/mol. The van der Waals surface area contributed by atoms with E-state index in [-0.39, 0.29) is 18.4 Å². The molecule has 1 fully saturated rings.